The number of nitrogens with zero attached hydrogens (tertiary/aromatic N) is 2. The minimum Gasteiger partial charge on any atom is -0.378 e. The molecule has 25 heavy (non-hydrogen) atoms. The maximum absolute atomic E-state index is 12.9. The molecule has 2 aliphatic heterocycles. The third-order valence-electron chi connectivity index (χ3n) is 6.21. The van der Waals surface area contributed by atoms with Gasteiger partial charge in [-0.25, -0.2) is 0 Å². The summed E-state index contributed by atoms with van der Waals surface area (Å²) in [6, 6.07) is 8.48. The van der Waals surface area contributed by atoms with Crippen LogP contribution in [0.1, 0.15) is 24.8 Å². The Balaban J connectivity index is 1.42. The number of amides is 1. The van der Waals surface area contributed by atoms with E-state index in [-0.39, 0.29) is 5.92 Å². The van der Waals surface area contributed by atoms with Crippen molar-refractivity contribution in [2.75, 3.05) is 51.3 Å². The standard InChI is InChI=1S/C20H29N3O2/c1-22(19(24)17-14-20(17)6-8-21-9-7-20)15-16-4-2-3-5-18(16)23-10-12-25-13-11-23/h2-5,17,21H,6-15H2,1H3. The van der Waals surface area contributed by atoms with Gasteiger partial charge in [-0.1, -0.05) is 18.2 Å². The Morgan fingerprint density at radius 2 is 2.00 bits per heavy atom. The molecule has 1 saturated carbocycles. The van der Waals surface area contributed by atoms with Crippen molar-refractivity contribution in [3.8, 4) is 0 Å². The number of anilines is 1. The first-order valence-electron chi connectivity index (χ1n) is 9.56. The van der Waals surface area contributed by atoms with Crippen molar-refractivity contribution < 1.29 is 9.53 Å². The molecule has 1 amide bonds. The van der Waals surface area contributed by atoms with Crippen LogP contribution in [0.15, 0.2) is 24.3 Å². The van der Waals surface area contributed by atoms with Gasteiger partial charge in [0, 0.05) is 38.3 Å². The van der Waals surface area contributed by atoms with Gasteiger partial charge in [-0.2, -0.15) is 0 Å². The van der Waals surface area contributed by atoms with Crippen LogP contribution >= 0.6 is 0 Å². The van der Waals surface area contributed by atoms with Crippen LogP contribution in [0.25, 0.3) is 0 Å². The number of carbonyl (C=O) groups is 1. The van der Waals surface area contributed by atoms with Crippen molar-refractivity contribution in [2.24, 2.45) is 11.3 Å². The molecule has 1 atom stereocenters. The number of nitrogens with one attached hydrogen (secondary N) is 1. The molecular weight excluding hydrogens is 314 g/mol. The van der Waals surface area contributed by atoms with Gasteiger partial charge in [-0.05, 0) is 49.4 Å². The van der Waals surface area contributed by atoms with E-state index in [2.05, 4.69) is 34.5 Å². The minimum atomic E-state index is 0.246. The molecule has 2 saturated heterocycles. The molecule has 5 nitrogen and oxygen atoms in total. The number of hydrogen-bond donors (Lipinski definition) is 1. The molecule has 136 valence electrons. The molecule has 3 fully saturated rings. The van der Waals surface area contributed by atoms with Crippen LogP contribution in [0.3, 0.4) is 0 Å². The molecule has 1 unspecified atom stereocenters. The molecule has 3 aliphatic rings. The molecule has 0 aromatic heterocycles. The smallest absolute Gasteiger partial charge is 0.226 e. The highest BCUT2D eigenvalue weighted by Gasteiger charge is 2.58. The zero-order chi connectivity index (χ0) is 17.3. The van der Waals surface area contributed by atoms with E-state index in [9.17, 15) is 4.79 Å². The third-order valence-corrected chi connectivity index (χ3v) is 6.21. The summed E-state index contributed by atoms with van der Waals surface area (Å²) in [5, 5.41) is 3.41. The van der Waals surface area contributed by atoms with Gasteiger partial charge >= 0.3 is 0 Å². The fraction of sp³-hybridized carbons (Fsp3) is 0.650. The van der Waals surface area contributed by atoms with Gasteiger partial charge < -0.3 is 19.9 Å². The highest BCUT2D eigenvalue weighted by Crippen LogP contribution is 2.59. The molecular formula is C20H29N3O2. The predicted octanol–water partition coefficient (Wildman–Crippen LogP) is 1.87. The SMILES string of the molecule is CN(Cc1ccccc1N1CCOCC1)C(=O)C1CC12CCNCC2. The maximum Gasteiger partial charge on any atom is 0.226 e. The van der Waals surface area contributed by atoms with Crippen LogP contribution in [-0.4, -0.2) is 57.2 Å². The largest absolute Gasteiger partial charge is 0.378 e. The lowest BCUT2D eigenvalue weighted by Crippen LogP contribution is -2.38. The van der Waals surface area contributed by atoms with Crippen LogP contribution in [0.2, 0.25) is 0 Å². The van der Waals surface area contributed by atoms with Crippen molar-refractivity contribution in [3.63, 3.8) is 0 Å². The van der Waals surface area contributed by atoms with Crippen LogP contribution in [0, 0.1) is 11.3 Å². The number of piperidine rings is 1. The number of hydrogen-bond acceptors (Lipinski definition) is 4. The normalized spacial score (nSPS) is 25.0. The summed E-state index contributed by atoms with van der Waals surface area (Å²) >= 11 is 0. The van der Waals surface area contributed by atoms with E-state index in [1.165, 1.54) is 11.3 Å². The topological polar surface area (TPSA) is 44.8 Å². The Hall–Kier alpha value is -1.59. The van der Waals surface area contributed by atoms with Crippen molar-refractivity contribution >= 4 is 11.6 Å². The molecule has 2 heterocycles. The summed E-state index contributed by atoms with van der Waals surface area (Å²) in [5.41, 5.74) is 2.79. The fourth-order valence-electron chi connectivity index (χ4n) is 4.53. The monoisotopic (exact) mass is 343 g/mol. The average molecular weight is 343 g/mol. The van der Waals surface area contributed by atoms with Crippen molar-refractivity contribution in [1.82, 2.24) is 10.2 Å². The fourth-order valence-corrected chi connectivity index (χ4v) is 4.53. The van der Waals surface area contributed by atoms with Crippen LogP contribution in [0.4, 0.5) is 5.69 Å². The van der Waals surface area contributed by atoms with Crippen LogP contribution in [0.5, 0.6) is 0 Å². The molecule has 1 aliphatic carbocycles. The molecule has 1 aromatic rings. The third kappa shape index (κ3) is 3.40. The van der Waals surface area contributed by atoms with E-state index in [0.717, 1.165) is 58.7 Å². The highest BCUT2D eigenvalue weighted by atomic mass is 16.5. The maximum atomic E-state index is 12.9. The Labute approximate surface area is 150 Å². The Morgan fingerprint density at radius 1 is 1.28 bits per heavy atom. The number of ether oxygens (including phenoxy) is 1. The molecule has 1 aromatic carbocycles. The number of para-hydroxylation sites is 1. The van der Waals surface area contributed by atoms with Gasteiger partial charge in [0.1, 0.15) is 0 Å². The molecule has 1 N–H and O–H groups in total. The number of morpholine rings is 1. The predicted molar refractivity (Wildman–Crippen MR) is 98.6 cm³/mol. The van der Waals surface area contributed by atoms with Crippen LogP contribution < -0.4 is 10.2 Å². The van der Waals surface area contributed by atoms with Crippen molar-refractivity contribution in [2.45, 2.75) is 25.8 Å². The lowest BCUT2D eigenvalue weighted by Gasteiger charge is -2.31. The first-order valence-corrected chi connectivity index (χ1v) is 9.56. The molecule has 0 bridgehead atoms. The summed E-state index contributed by atoms with van der Waals surface area (Å²) in [5.74, 6) is 0.578. The van der Waals surface area contributed by atoms with Gasteiger partial charge in [0.15, 0.2) is 0 Å². The zero-order valence-corrected chi connectivity index (χ0v) is 15.2. The summed E-state index contributed by atoms with van der Waals surface area (Å²) in [6.07, 6.45) is 3.40. The molecule has 5 heteroatoms. The van der Waals surface area contributed by atoms with Gasteiger partial charge in [0.2, 0.25) is 5.91 Å². The van der Waals surface area contributed by atoms with Gasteiger partial charge in [-0.3, -0.25) is 4.79 Å². The summed E-state index contributed by atoms with van der Waals surface area (Å²) in [7, 11) is 1.96. The lowest BCUT2D eigenvalue weighted by atomic mass is 9.91. The average Bonchev–Trinajstić information content (AvgIpc) is 3.35. The first kappa shape index (κ1) is 16.9. The quantitative estimate of drug-likeness (QED) is 0.907. The van der Waals surface area contributed by atoms with E-state index in [0.29, 0.717) is 17.9 Å². The molecule has 0 radical (unpaired) electrons. The first-order chi connectivity index (χ1) is 12.2. The van der Waals surface area contributed by atoms with Crippen molar-refractivity contribution in [1.29, 1.82) is 0 Å². The lowest BCUT2D eigenvalue weighted by molar-refractivity contribution is -0.132. The van der Waals surface area contributed by atoms with E-state index in [4.69, 9.17) is 4.74 Å². The van der Waals surface area contributed by atoms with Gasteiger partial charge in [0.25, 0.3) is 0 Å². The van der Waals surface area contributed by atoms with Crippen LogP contribution in [-0.2, 0) is 16.1 Å². The Morgan fingerprint density at radius 3 is 2.76 bits per heavy atom. The second-order valence-electron chi connectivity index (χ2n) is 7.79. The Kier molecular flexibility index (Phi) is 4.69. The number of rotatable bonds is 4. The van der Waals surface area contributed by atoms with E-state index in [1.807, 2.05) is 11.9 Å². The van der Waals surface area contributed by atoms with Gasteiger partial charge in [-0.15, -0.1) is 0 Å². The Bertz CT molecular complexity index is 621. The highest BCUT2D eigenvalue weighted by molar-refractivity contribution is 5.82. The number of benzene rings is 1. The molecule has 4 rings (SSSR count). The van der Waals surface area contributed by atoms with Gasteiger partial charge in [0.05, 0.1) is 13.2 Å². The van der Waals surface area contributed by atoms with E-state index < -0.39 is 0 Å². The van der Waals surface area contributed by atoms with E-state index in [1.54, 1.807) is 0 Å². The summed E-state index contributed by atoms with van der Waals surface area (Å²) in [6.45, 7) is 6.22. The van der Waals surface area contributed by atoms with Crippen molar-refractivity contribution in [3.05, 3.63) is 29.8 Å². The summed E-state index contributed by atoms with van der Waals surface area (Å²) in [4.78, 5) is 17.3. The molecule has 1 spiro atoms. The zero-order valence-electron chi connectivity index (χ0n) is 15.2. The second kappa shape index (κ2) is 6.96. The summed E-state index contributed by atoms with van der Waals surface area (Å²) < 4.78 is 5.47. The van der Waals surface area contributed by atoms with E-state index >= 15 is 0 Å². The number of carbonyl (C=O) groups excluding carboxylic acids is 1. The second-order valence-corrected chi connectivity index (χ2v) is 7.79. The minimum absolute atomic E-state index is 0.246.